The first-order chi connectivity index (χ1) is 9.78. The van der Waals surface area contributed by atoms with Crippen molar-refractivity contribution in [1.82, 2.24) is 0 Å². The maximum atomic E-state index is 5.89. The zero-order valence-corrected chi connectivity index (χ0v) is 12.7. The van der Waals surface area contributed by atoms with Crippen molar-refractivity contribution in [1.29, 1.82) is 0 Å². The summed E-state index contributed by atoms with van der Waals surface area (Å²) in [4.78, 5) is 0. The van der Waals surface area contributed by atoms with Gasteiger partial charge in [0.2, 0.25) is 0 Å². The Hall–Kier alpha value is -1.12. The summed E-state index contributed by atoms with van der Waals surface area (Å²) in [5.74, 6) is 0. The molecule has 1 saturated heterocycles. The minimum absolute atomic E-state index is 0.198. The first kappa shape index (κ1) is 15.3. The summed E-state index contributed by atoms with van der Waals surface area (Å²) in [7, 11) is 0. The Morgan fingerprint density at radius 2 is 1.85 bits per heavy atom. The van der Waals surface area contributed by atoms with Crippen LogP contribution in [-0.2, 0) is 9.47 Å². The van der Waals surface area contributed by atoms with Crippen molar-refractivity contribution in [3.05, 3.63) is 42.0 Å². The number of rotatable bonds is 6. The topological polar surface area (TPSA) is 18.5 Å². The number of hydrogen-bond donors (Lipinski definition) is 0. The van der Waals surface area contributed by atoms with Crippen molar-refractivity contribution >= 4 is 6.08 Å². The number of ether oxygens (including phenoxy) is 2. The quantitative estimate of drug-likeness (QED) is 0.751. The van der Waals surface area contributed by atoms with Crippen LogP contribution in [0.3, 0.4) is 0 Å². The molecule has 1 fully saturated rings. The van der Waals surface area contributed by atoms with Crippen LogP contribution in [0.1, 0.15) is 45.1 Å². The molecule has 1 aromatic carbocycles. The minimum Gasteiger partial charge on any atom is -0.348 e. The van der Waals surface area contributed by atoms with Crippen LogP contribution in [0.5, 0.6) is 0 Å². The first-order valence-electron chi connectivity index (χ1n) is 7.74. The summed E-state index contributed by atoms with van der Waals surface area (Å²) in [6, 6.07) is 10.3. The van der Waals surface area contributed by atoms with E-state index < -0.39 is 0 Å². The second-order valence-electron chi connectivity index (χ2n) is 5.72. The molecule has 0 aromatic heterocycles. The predicted molar refractivity (Wildman–Crippen MR) is 83.4 cm³/mol. The lowest BCUT2D eigenvalue weighted by atomic mass is 9.81. The third-order valence-corrected chi connectivity index (χ3v) is 4.16. The molecule has 1 aliphatic heterocycles. The summed E-state index contributed by atoms with van der Waals surface area (Å²) in [5.41, 5.74) is 1.41. The zero-order chi connectivity index (χ0) is 14.3. The highest BCUT2D eigenvalue weighted by atomic mass is 16.7. The number of hydrogen-bond acceptors (Lipinski definition) is 2. The van der Waals surface area contributed by atoms with E-state index in [0.717, 1.165) is 19.6 Å². The van der Waals surface area contributed by atoms with E-state index in [-0.39, 0.29) is 11.7 Å². The molecule has 0 unspecified atom stereocenters. The molecular weight excluding hydrogens is 248 g/mol. The van der Waals surface area contributed by atoms with Crippen molar-refractivity contribution in [2.45, 2.75) is 45.8 Å². The molecule has 0 saturated carbocycles. The molecule has 0 spiro atoms. The average molecular weight is 274 g/mol. The molecular formula is C18H26O2. The molecule has 0 aliphatic carbocycles. The molecule has 1 aliphatic rings. The van der Waals surface area contributed by atoms with E-state index in [4.69, 9.17) is 9.47 Å². The van der Waals surface area contributed by atoms with E-state index in [1.54, 1.807) is 0 Å². The molecule has 0 radical (unpaired) electrons. The van der Waals surface area contributed by atoms with E-state index in [2.05, 4.69) is 32.1 Å². The van der Waals surface area contributed by atoms with E-state index in [9.17, 15) is 0 Å². The molecule has 0 atom stereocenters. The van der Waals surface area contributed by atoms with Crippen LogP contribution < -0.4 is 0 Å². The monoisotopic (exact) mass is 274 g/mol. The van der Waals surface area contributed by atoms with Crippen LogP contribution in [0.2, 0.25) is 0 Å². The van der Waals surface area contributed by atoms with Gasteiger partial charge in [0, 0.05) is 5.41 Å². The Bertz CT molecular complexity index is 403. The molecule has 0 N–H and O–H groups in total. The van der Waals surface area contributed by atoms with Crippen molar-refractivity contribution in [3.63, 3.8) is 0 Å². The van der Waals surface area contributed by atoms with Crippen LogP contribution in [0.25, 0.3) is 6.08 Å². The fourth-order valence-corrected chi connectivity index (χ4v) is 2.55. The minimum atomic E-state index is -0.198. The Labute approximate surface area is 122 Å². The SMILES string of the molecule is CCCCC1(CC)COC(/C=C\c2ccccc2)OC1. The zero-order valence-electron chi connectivity index (χ0n) is 12.7. The van der Waals surface area contributed by atoms with Crippen molar-refractivity contribution < 1.29 is 9.47 Å². The second-order valence-corrected chi connectivity index (χ2v) is 5.72. The molecule has 2 heteroatoms. The largest absolute Gasteiger partial charge is 0.348 e. The smallest absolute Gasteiger partial charge is 0.177 e. The predicted octanol–water partition coefficient (Wildman–Crippen LogP) is 4.66. The van der Waals surface area contributed by atoms with Crippen LogP contribution in [0, 0.1) is 5.41 Å². The Morgan fingerprint density at radius 1 is 1.15 bits per heavy atom. The van der Waals surface area contributed by atoms with Gasteiger partial charge in [-0.15, -0.1) is 0 Å². The number of unbranched alkanes of at least 4 members (excludes halogenated alkanes) is 1. The molecule has 2 rings (SSSR count). The third-order valence-electron chi connectivity index (χ3n) is 4.16. The highest BCUT2D eigenvalue weighted by Gasteiger charge is 2.34. The van der Waals surface area contributed by atoms with Crippen LogP contribution >= 0.6 is 0 Å². The van der Waals surface area contributed by atoms with Gasteiger partial charge in [-0.3, -0.25) is 0 Å². The highest BCUT2D eigenvalue weighted by molar-refractivity contribution is 5.48. The molecule has 1 aromatic rings. The van der Waals surface area contributed by atoms with E-state index in [1.165, 1.54) is 24.8 Å². The van der Waals surface area contributed by atoms with Gasteiger partial charge in [0.25, 0.3) is 0 Å². The van der Waals surface area contributed by atoms with Gasteiger partial charge in [-0.2, -0.15) is 0 Å². The summed E-state index contributed by atoms with van der Waals surface area (Å²) < 4.78 is 11.8. The highest BCUT2D eigenvalue weighted by Crippen LogP contribution is 2.34. The van der Waals surface area contributed by atoms with Gasteiger partial charge in [-0.25, -0.2) is 0 Å². The Morgan fingerprint density at radius 3 is 2.45 bits per heavy atom. The van der Waals surface area contributed by atoms with Gasteiger partial charge < -0.3 is 9.47 Å². The summed E-state index contributed by atoms with van der Waals surface area (Å²) >= 11 is 0. The third kappa shape index (κ3) is 4.19. The Kier molecular flexibility index (Phi) is 5.81. The van der Waals surface area contributed by atoms with E-state index >= 15 is 0 Å². The molecule has 1 heterocycles. The first-order valence-corrected chi connectivity index (χ1v) is 7.74. The van der Waals surface area contributed by atoms with Crippen molar-refractivity contribution in [3.8, 4) is 0 Å². The summed E-state index contributed by atoms with van der Waals surface area (Å²) in [6.45, 7) is 6.10. The lowest BCUT2D eigenvalue weighted by molar-refractivity contribution is -0.209. The van der Waals surface area contributed by atoms with Gasteiger partial charge in [-0.05, 0) is 24.5 Å². The maximum Gasteiger partial charge on any atom is 0.177 e. The normalized spacial score (nSPS) is 27.0. The van der Waals surface area contributed by atoms with Crippen LogP contribution in [0.15, 0.2) is 36.4 Å². The summed E-state index contributed by atoms with van der Waals surface area (Å²) in [6.07, 6.45) is 8.70. The van der Waals surface area contributed by atoms with Gasteiger partial charge in [0.1, 0.15) is 0 Å². The van der Waals surface area contributed by atoms with Crippen molar-refractivity contribution in [2.75, 3.05) is 13.2 Å². The lowest BCUT2D eigenvalue weighted by Gasteiger charge is -2.38. The Balaban J connectivity index is 1.86. The molecule has 110 valence electrons. The lowest BCUT2D eigenvalue weighted by Crippen LogP contribution is -2.40. The molecule has 20 heavy (non-hydrogen) atoms. The molecule has 0 bridgehead atoms. The van der Waals surface area contributed by atoms with Crippen LogP contribution in [-0.4, -0.2) is 19.5 Å². The maximum absolute atomic E-state index is 5.89. The fraction of sp³-hybridized carbons (Fsp3) is 0.556. The van der Waals surface area contributed by atoms with Gasteiger partial charge in [-0.1, -0.05) is 63.1 Å². The summed E-state index contributed by atoms with van der Waals surface area (Å²) in [5, 5.41) is 0. The van der Waals surface area contributed by atoms with E-state index in [1.807, 2.05) is 24.3 Å². The molecule has 2 nitrogen and oxygen atoms in total. The second kappa shape index (κ2) is 7.61. The van der Waals surface area contributed by atoms with Gasteiger partial charge in [0.05, 0.1) is 13.2 Å². The van der Waals surface area contributed by atoms with Gasteiger partial charge in [0.15, 0.2) is 6.29 Å². The van der Waals surface area contributed by atoms with Gasteiger partial charge >= 0.3 is 0 Å². The van der Waals surface area contributed by atoms with Crippen molar-refractivity contribution in [2.24, 2.45) is 5.41 Å². The molecule has 0 amide bonds. The average Bonchev–Trinajstić information content (AvgIpc) is 2.53. The van der Waals surface area contributed by atoms with Crippen LogP contribution in [0.4, 0.5) is 0 Å². The standard InChI is InChI=1S/C18H26O2/c1-3-5-13-18(4-2)14-19-17(20-15-18)12-11-16-9-7-6-8-10-16/h6-12,17H,3-5,13-15H2,1-2H3/b12-11-. The fourth-order valence-electron chi connectivity index (χ4n) is 2.55. The van der Waals surface area contributed by atoms with E-state index in [0.29, 0.717) is 0 Å². The number of benzene rings is 1.